The first-order chi connectivity index (χ1) is 10.0. The predicted molar refractivity (Wildman–Crippen MR) is 82.5 cm³/mol. The quantitative estimate of drug-likeness (QED) is 0.894. The monoisotopic (exact) mass is 312 g/mol. The van der Waals surface area contributed by atoms with Crippen LogP contribution in [0.2, 0.25) is 0 Å². The molecule has 1 unspecified atom stereocenters. The highest BCUT2D eigenvalue weighted by Gasteiger charge is 2.30. The lowest BCUT2D eigenvalue weighted by molar-refractivity contribution is 0.0572. The summed E-state index contributed by atoms with van der Waals surface area (Å²) in [6.07, 6.45) is 2.57. The van der Waals surface area contributed by atoms with Crippen LogP contribution < -0.4 is 5.73 Å². The summed E-state index contributed by atoms with van der Waals surface area (Å²) < 4.78 is 32.3. The number of hydrogen-bond donors (Lipinski definition) is 1. The maximum atomic E-state index is 12.7. The fourth-order valence-electron chi connectivity index (χ4n) is 2.76. The summed E-state index contributed by atoms with van der Waals surface area (Å²) in [7, 11) is -1.84. The zero-order valence-electron chi connectivity index (χ0n) is 12.7. The minimum absolute atomic E-state index is 0.0163. The Morgan fingerprint density at radius 1 is 1.38 bits per heavy atom. The Hall–Kier alpha value is -0.950. The fraction of sp³-hybridized carbons (Fsp3) is 0.600. The first-order valence-corrected chi connectivity index (χ1v) is 8.81. The Labute approximate surface area is 127 Å². The summed E-state index contributed by atoms with van der Waals surface area (Å²) in [6.45, 7) is 3.37. The second-order valence-corrected chi connectivity index (χ2v) is 7.29. The van der Waals surface area contributed by atoms with E-state index in [9.17, 15) is 8.42 Å². The lowest BCUT2D eigenvalue weighted by Gasteiger charge is -2.31. The third-order valence-corrected chi connectivity index (χ3v) is 5.95. The van der Waals surface area contributed by atoms with Crippen molar-refractivity contribution in [2.75, 3.05) is 20.2 Å². The topological polar surface area (TPSA) is 72.6 Å². The van der Waals surface area contributed by atoms with Gasteiger partial charge in [-0.15, -0.1) is 0 Å². The van der Waals surface area contributed by atoms with Crippen molar-refractivity contribution in [2.24, 2.45) is 5.73 Å². The molecule has 118 valence electrons. The molecule has 0 spiro atoms. The number of ether oxygens (including phenoxy) is 1. The van der Waals surface area contributed by atoms with Crippen molar-refractivity contribution in [3.8, 4) is 0 Å². The van der Waals surface area contributed by atoms with Crippen LogP contribution in [-0.4, -0.2) is 39.0 Å². The molecule has 0 aromatic heterocycles. The third kappa shape index (κ3) is 3.45. The highest BCUT2D eigenvalue weighted by Crippen LogP contribution is 2.24. The van der Waals surface area contributed by atoms with Crippen LogP contribution in [0.15, 0.2) is 23.1 Å². The van der Waals surface area contributed by atoms with Gasteiger partial charge in [0.1, 0.15) is 0 Å². The molecule has 1 aliphatic rings. The lowest BCUT2D eigenvalue weighted by Crippen LogP contribution is -2.42. The molecule has 21 heavy (non-hydrogen) atoms. The molecule has 1 saturated heterocycles. The van der Waals surface area contributed by atoms with Gasteiger partial charge in [0, 0.05) is 26.7 Å². The van der Waals surface area contributed by atoms with Crippen molar-refractivity contribution in [2.45, 2.75) is 43.7 Å². The smallest absolute Gasteiger partial charge is 0.243 e. The van der Waals surface area contributed by atoms with Crippen LogP contribution in [0.1, 0.15) is 30.9 Å². The number of hydrogen-bond acceptors (Lipinski definition) is 4. The number of sulfonamides is 1. The number of piperidine rings is 1. The number of aryl methyl sites for hydroxylation is 1. The summed E-state index contributed by atoms with van der Waals surface area (Å²) in [4.78, 5) is 0.330. The van der Waals surface area contributed by atoms with E-state index in [-0.39, 0.29) is 6.10 Å². The van der Waals surface area contributed by atoms with E-state index in [1.165, 1.54) is 4.31 Å². The maximum Gasteiger partial charge on any atom is 0.243 e. The van der Waals surface area contributed by atoms with Gasteiger partial charge in [0.15, 0.2) is 0 Å². The number of rotatable bonds is 5. The molecular formula is C15H24N2O3S. The Kier molecular flexibility index (Phi) is 5.37. The molecule has 2 rings (SSSR count). The minimum Gasteiger partial charge on any atom is -0.380 e. The third-order valence-electron chi connectivity index (χ3n) is 4.09. The van der Waals surface area contributed by atoms with Gasteiger partial charge in [-0.05, 0) is 42.5 Å². The van der Waals surface area contributed by atoms with Crippen LogP contribution in [-0.2, 0) is 27.7 Å². The van der Waals surface area contributed by atoms with Crippen LogP contribution >= 0.6 is 0 Å². The standard InChI is InChI=1S/C15H24N2O3S/c1-3-12-6-7-15(9-13(12)10-16)21(18,19)17-8-4-5-14(11-17)20-2/h6-7,9,14H,3-5,8,10-11,16H2,1-2H3. The van der Waals surface area contributed by atoms with Gasteiger partial charge in [-0.1, -0.05) is 13.0 Å². The fourth-order valence-corrected chi connectivity index (χ4v) is 4.32. The molecule has 1 heterocycles. The van der Waals surface area contributed by atoms with Crippen LogP contribution in [0.4, 0.5) is 0 Å². The Bertz CT molecular complexity index is 587. The average molecular weight is 312 g/mol. The maximum absolute atomic E-state index is 12.7. The second-order valence-electron chi connectivity index (χ2n) is 5.35. The molecule has 0 saturated carbocycles. The van der Waals surface area contributed by atoms with E-state index in [0.717, 1.165) is 30.4 Å². The lowest BCUT2D eigenvalue weighted by atomic mass is 10.1. The van der Waals surface area contributed by atoms with Gasteiger partial charge in [-0.25, -0.2) is 8.42 Å². The van der Waals surface area contributed by atoms with E-state index in [1.54, 1.807) is 19.2 Å². The van der Waals surface area contributed by atoms with Crippen molar-refractivity contribution in [1.29, 1.82) is 0 Å². The van der Waals surface area contributed by atoms with Crippen LogP contribution in [0.5, 0.6) is 0 Å². The van der Waals surface area contributed by atoms with E-state index in [4.69, 9.17) is 10.5 Å². The van der Waals surface area contributed by atoms with E-state index in [2.05, 4.69) is 0 Å². The second kappa shape index (κ2) is 6.87. The highest BCUT2D eigenvalue weighted by molar-refractivity contribution is 7.89. The first kappa shape index (κ1) is 16.4. The molecular weight excluding hydrogens is 288 g/mol. The summed E-state index contributed by atoms with van der Waals surface area (Å²) in [5.41, 5.74) is 7.74. The van der Waals surface area contributed by atoms with Crippen molar-refractivity contribution in [1.82, 2.24) is 4.31 Å². The Balaban J connectivity index is 2.30. The molecule has 1 aliphatic heterocycles. The Morgan fingerprint density at radius 2 is 2.14 bits per heavy atom. The Morgan fingerprint density at radius 3 is 2.76 bits per heavy atom. The van der Waals surface area contributed by atoms with Gasteiger partial charge < -0.3 is 10.5 Å². The summed E-state index contributed by atoms with van der Waals surface area (Å²) in [5.74, 6) is 0. The average Bonchev–Trinajstić information content (AvgIpc) is 2.54. The van der Waals surface area contributed by atoms with Crippen LogP contribution in [0.3, 0.4) is 0 Å². The number of benzene rings is 1. The van der Waals surface area contributed by atoms with Crippen LogP contribution in [0, 0.1) is 0 Å². The molecule has 0 amide bonds. The number of nitrogens with zero attached hydrogens (tertiary/aromatic N) is 1. The number of methoxy groups -OCH3 is 1. The van der Waals surface area contributed by atoms with Crippen LogP contribution in [0.25, 0.3) is 0 Å². The van der Waals surface area contributed by atoms with Gasteiger partial charge in [0.05, 0.1) is 11.0 Å². The summed E-state index contributed by atoms with van der Waals surface area (Å²) in [6, 6.07) is 5.27. The molecule has 0 aliphatic carbocycles. The van der Waals surface area contributed by atoms with E-state index < -0.39 is 10.0 Å². The van der Waals surface area contributed by atoms with Crippen molar-refractivity contribution in [3.05, 3.63) is 29.3 Å². The number of nitrogens with two attached hydrogens (primary N) is 1. The molecule has 1 aromatic rings. The molecule has 1 fully saturated rings. The summed E-state index contributed by atoms with van der Waals surface area (Å²) >= 11 is 0. The highest BCUT2D eigenvalue weighted by atomic mass is 32.2. The van der Waals surface area contributed by atoms with E-state index in [1.807, 2.05) is 13.0 Å². The first-order valence-electron chi connectivity index (χ1n) is 7.37. The van der Waals surface area contributed by atoms with Gasteiger partial charge in [0.2, 0.25) is 10.0 Å². The molecule has 0 bridgehead atoms. The molecule has 1 aromatic carbocycles. The minimum atomic E-state index is -3.46. The zero-order chi connectivity index (χ0) is 15.5. The SMILES string of the molecule is CCc1ccc(S(=O)(=O)N2CCCC(OC)C2)cc1CN. The van der Waals surface area contributed by atoms with E-state index in [0.29, 0.717) is 24.5 Å². The molecule has 6 heteroatoms. The normalized spacial score (nSPS) is 20.6. The van der Waals surface area contributed by atoms with Gasteiger partial charge >= 0.3 is 0 Å². The molecule has 1 atom stereocenters. The van der Waals surface area contributed by atoms with Gasteiger partial charge in [0.25, 0.3) is 0 Å². The van der Waals surface area contributed by atoms with Crippen molar-refractivity contribution >= 4 is 10.0 Å². The van der Waals surface area contributed by atoms with Crippen molar-refractivity contribution in [3.63, 3.8) is 0 Å². The molecule has 2 N–H and O–H groups in total. The van der Waals surface area contributed by atoms with Crippen molar-refractivity contribution < 1.29 is 13.2 Å². The van der Waals surface area contributed by atoms with Gasteiger partial charge in [-0.3, -0.25) is 0 Å². The van der Waals surface area contributed by atoms with Gasteiger partial charge in [-0.2, -0.15) is 4.31 Å². The zero-order valence-corrected chi connectivity index (χ0v) is 13.5. The summed E-state index contributed by atoms with van der Waals surface area (Å²) in [5, 5.41) is 0. The largest absolute Gasteiger partial charge is 0.380 e. The predicted octanol–water partition coefficient (Wildman–Crippen LogP) is 1.51. The van der Waals surface area contributed by atoms with E-state index >= 15 is 0 Å². The molecule has 0 radical (unpaired) electrons. The molecule has 5 nitrogen and oxygen atoms in total.